The minimum atomic E-state index is -0.531. The van der Waals surface area contributed by atoms with Gasteiger partial charge < -0.3 is 9.15 Å². The van der Waals surface area contributed by atoms with Crippen LogP contribution in [0.5, 0.6) is 6.01 Å². The second kappa shape index (κ2) is 5.44. The van der Waals surface area contributed by atoms with Crippen molar-refractivity contribution in [1.82, 2.24) is 9.97 Å². The third-order valence-corrected chi connectivity index (χ3v) is 3.22. The van der Waals surface area contributed by atoms with Crippen LogP contribution in [0.1, 0.15) is 25.3 Å². The molecule has 0 spiro atoms. The topological polar surface area (TPSA) is 85.2 Å². The Morgan fingerprint density at radius 1 is 1.48 bits per heavy atom. The maximum absolute atomic E-state index is 12.1. The highest BCUT2D eigenvalue weighted by Gasteiger charge is 2.17. The van der Waals surface area contributed by atoms with Crippen LogP contribution in [0.3, 0.4) is 0 Å². The van der Waals surface area contributed by atoms with Gasteiger partial charge >= 0.3 is 11.6 Å². The number of nitrogens with one attached hydrogen (secondary N) is 1. The van der Waals surface area contributed by atoms with Crippen LogP contribution in [-0.4, -0.2) is 16.6 Å². The Labute approximate surface area is 120 Å². The summed E-state index contributed by atoms with van der Waals surface area (Å²) in [6, 6.07) is 1.31. The normalized spacial score (nSPS) is 13.8. The zero-order valence-electron chi connectivity index (χ0n) is 11.6. The lowest BCUT2D eigenvalue weighted by atomic mass is 10.1. The number of rotatable bonds is 3. The summed E-state index contributed by atoms with van der Waals surface area (Å²) >= 11 is 0. The molecule has 0 unspecified atom stereocenters. The number of hydrogen-bond acceptors (Lipinski definition) is 5. The molecule has 21 heavy (non-hydrogen) atoms. The molecule has 108 valence electrons. The molecule has 1 N–H and O–H groups in total. The summed E-state index contributed by atoms with van der Waals surface area (Å²) in [4.78, 5) is 30.1. The highest BCUT2D eigenvalue weighted by Crippen LogP contribution is 2.27. The molecule has 0 radical (unpaired) electrons. The van der Waals surface area contributed by atoms with E-state index in [1.54, 1.807) is 0 Å². The van der Waals surface area contributed by atoms with Crippen molar-refractivity contribution in [2.45, 2.75) is 26.2 Å². The minimum absolute atomic E-state index is 0.00625. The Hall–Kier alpha value is -2.55. The zero-order valence-corrected chi connectivity index (χ0v) is 11.6. The van der Waals surface area contributed by atoms with Crippen LogP contribution >= 0.6 is 0 Å². The van der Waals surface area contributed by atoms with E-state index in [-0.39, 0.29) is 29.3 Å². The summed E-state index contributed by atoms with van der Waals surface area (Å²) in [5.41, 5.74) is -0.314. The summed E-state index contributed by atoms with van der Waals surface area (Å²) in [7, 11) is 0. The van der Waals surface area contributed by atoms with Crippen LogP contribution < -0.4 is 15.9 Å². The van der Waals surface area contributed by atoms with Crippen molar-refractivity contribution < 1.29 is 9.15 Å². The number of aryl methyl sites for hydroxylation is 1. The summed E-state index contributed by atoms with van der Waals surface area (Å²) in [6.07, 6.45) is 2.83. The van der Waals surface area contributed by atoms with Gasteiger partial charge in [0.1, 0.15) is 5.39 Å². The van der Waals surface area contributed by atoms with Crippen molar-refractivity contribution in [3.8, 4) is 17.9 Å². The molecule has 1 aliphatic carbocycles. The van der Waals surface area contributed by atoms with Crippen molar-refractivity contribution >= 4 is 11.1 Å². The maximum Gasteiger partial charge on any atom is 0.337 e. The number of aromatic amines is 1. The average molecular weight is 286 g/mol. The van der Waals surface area contributed by atoms with Gasteiger partial charge in [-0.2, -0.15) is 4.98 Å². The third kappa shape index (κ3) is 2.97. The molecule has 0 amide bonds. The Morgan fingerprint density at radius 3 is 3.00 bits per heavy atom. The summed E-state index contributed by atoms with van der Waals surface area (Å²) < 4.78 is 10.3. The first-order valence-corrected chi connectivity index (χ1v) is 6.85. The molecule has 2 aromatic heterocycles. The smallest absolute Gasteiger partial charge is 0.337 e. The minimum Gasteiger partial charge on any atom is -0.451 e. The van der Waals surface area contributed by atoms with Crippen molar-refractivity contribution in [2.24, 2.45) is 5.92 Å². The number of ether oxygens (including phenoxy) is 1. The van der Waals surface area contributed by atoms with Crippen LogP contribution in [0.15, 0.2) is 20.1 Å². The van der Waals surface area contributed by atoms with Gasteiger partial charge in [0.25, 0.3) is 5.56 Å². The quantitative estimate of drug-likeness (QED) is 0.858. The van der Waals surface area contributed by atoms with Gasteiger partial charge in [-0.1, -0.05) is 18.8 Å². The van der Waals surface area contributed by atoms with Crippen molar-refractivity contribution in [3.05, 3.63) is 32.4 Å². The first-order valence-electron chi connectivity index (χ1n) is 6.85. The summed E-state index contributed by atoms with van der Waals surface area (Å²) in [5, 5.41) is 0.286. The van der Waals surface area contributed by atoms with Gasteiger partial charge in [-0.3, -0.25) is 9.78 Å². The first-order chi connectivity index (χ1) is 10.2. The Bertz CT molecular complexity index is 850. The molecule has 3 rings (SSSR count). The van der Waals surface area contributed by atoms with Crippen molar-refractivity contribution in [1.29, 1.82) is 0 Å². The predicted octanol–water partition coefficient (Wildman–Crippen LogP) is 1.23. The fourth-order valence-electron chi connectivity index (χ4n) is 1.99. The molecule has 1 saturated carbocycles. The number of hydrogen-bond donors (Lipinski definition) is 1. The Morgan fingerprint density at radius 2 is 2.29 bits per heavy atom. The zero-order chi connectivity index (χ0) is 14.8. The van der Waals surface area contributed by atoms with Crippen LogP contribution in [0, 0.1) is 17.8 Å². The third-order valence-electron chi connectivity index (χ3n) is 3.22. The molecule has 1 aliphatic rings. The van der Waals surface area contributed by atoms with Gasteiger partial charge in [0.15, 0.2) is 6.61 Å². The molecule has 0 atom stereocenters. The van der Waals surface area contributed by atoms with E-state index in [0.29, 0.717) is 17.9 Å². The largest absolute Gasteiger partial charge is 0.451 e. The van der Waals surface area contributed by atoms with E-state index in [0.717, 1.165) is 12.8 Å². The molecule has 2 aromatic rings. The van der Waals surface area contributed by atoms with Crippen LogP contribution in [0.4, 0.5) is 0 Å². The second-order valence-electron chi connectivity index (χ2n) is 4.88. The van der Waals surface area contributed by atoms with Crippen LogP contribution in [-0.2, 0) is 6.42 Å². The standard InChI is InChI=1S/C15H14N2O4/c1-2-10-8-11(18)21-14-12(10)13(19)16-15(17-14)20-7-3-4-9-5-6-9/h8-9H,2,5-7H2,1H3,(H,16,17,19). The van der Waals surface area contributed by atoms with Gasteiger partial charge in [-0.25, -0.2) is 4.79 Å². The fraction of sp³-hybridized carbons (Fsp3) is 0.400. The van der Waals surface area contributed by atoms with E-state index in [2.05, 4.69) is 21.8 Å². The van der Waals surface area contributed by atoms with Crippen molar-refractivity contribution in [2.75, 3.05) is 6.61 Å². The summed E-state index contributed by atoms with van der Waals surface area (Å²) in [5.74, 6) is 6.40. The molecular formula is C15H14N2O4. The maximum atomic E-state index is 12.1. The van der Waals surface area contributed by atoms with Gasteiger partial charge in [0.2, 0.25) is 5.71 Å². The predicted molar refractivity (Wildman–Crippen MR) is 76.3 cm³/mol. The number of fused-ring (bicyclic) bond motifs is 1. The summed E-state index contributed by atoms with van der Waals surface area (Å²) in [6.45, 7) is 1.99. The van der Waals surface area contributed by atoms with E-state index >= 15 is 0 Å². The molecule has 0 aromatic carbocycles. The first kappa shape index (κ1) is 13.4. The number of H-pyrrole nitrogens is 1. The molecule has 2 heterocycles. The molecule has 6 heteroatoms. The molecule has 0 aliphatic heterocycles. The number of aromatic nitrogens is 2. The van der Waals surface area contributed by atoms with E-state index in [1.807, 2.05) is 6.92 Å². The van der Waals surface area contributed by atoms with Gasteiger partial charge in [0.05, 0.1) is 0 Å². The van der Waals surface area contributed by atoms with E-state index in [9.17, 15) is 9.59 Å². The Kier molecular flexibility index (Phi) is 3.48. The number of nitrogens with zero attached hydrogens (tertiary/aromatic N) is 1. The van der Waals surface area contributed by atoms with Gasteiger partial charge in [-0.05, 0) is 24.8 Å². The van der Waals surface area contributed by atoms with Crippen LogP contribution in [0.25, 0.3) is 11.1 Å². The lowest BCUT2D eigenvalue weighted by Gasteiger charge is -2.04. The van der Waals surface area contributed by atoms with E-state index < -0.39 is 5.63 Å². The molecule has 1 fully saturated rings. The highest BCUT2D eigenvalue weighted by molar-refractivity contribution is 5.75. The molecule has 0 bridgehead atoms. The molecular weight excluding hydrogens is 272 g/mol. The van der Waals surface area contributed by atoms with Gasteiger partial charge in [-0.15, -0.1) is 0 Å². The SMILES string of the molecule is CCc1cc(=O)oc2nc(OCC#CC3CC3)[nH]c(=O)c12. The van der Waals surface area contributed by atoms with Gasteiger partial charge in [0, 0.05) is 12.0 Å². The monoisotopic (exact) mass is 286 g/mol. The second-order valence-corrected chi connectivity index (χ2v) is 4.88. The fourth-order valence-corrected chi connectivity index (χ4v) is 1.99. The average Bonchev–Trinajstić information content (AvgIpc) is 3.26. The Balaban J connectivity index is 1.93. The van der Waals surface area contributed by atoms with E-state index in [1.165, 1.54) is 6.07 Å². The molecule has 6 nitrogen and oxygen atoms in total. The van der Waals surface area contributed by atoms with Crippen molar-refractivity contribution in [3.63, 3.8) is 0 Å². The highest BCUT2D eigenvalue weighted by atomic mass is 16.5. The lowest BCUT2D eigenvalue weighted by Crippen LogP contribution is -2.15. The van der Waals surface area contributed by atoms with Crippen LogP contribution in [0.2, 0.25) is 0 Å². The van der Waals surface area contributed by atoms with E-state index in [4.69, 9.17) is 9.15 Å². The lowest BCUT2D eigenvalue weighted by molar-refractivity contribution is 0.337. The molecule has 0 saturated heterocycles.